The van der Waals surface area contributed by atoms with Crippen molar-refractivity contribution >= 4 is 5.91 Å². The van der Waals surface area contributed by atoms with Crippen molar-refractivity contribution in [1.29, 1.82) is 0 Å². The Hall–Kier alpha value is -1.51. The zero-order chi connectivity index (χ0) is 14.5. The van der Waals surface area contributed by atoms with Gasteiger partial charge in [-0.1, -0.05) is 38.8 Å². The average molecular weight is 275 g/mol. The van der Waals surface area contributed by atoms with E-state index in [9.17, 15) is 9.90 Å². The van der Waals surface area contributed by atoms with E-state index < -0.39 is 0 Å². The predicted molar refractivity (Wildman–Crippen MR) is 80.6 cm³/mol. The molecule has 1 amide bonds. The molecule has 0 bridgehead atoms. The molecule has 1 aromatic rings. The van der Waals surface area contributed by atoms with Crippen molar-refractivity contribution in [3.05, 3.63) is 29.8 Å². The lowest BCUT2D eigenvalue weighted by molar-refractivity contribution is -0.133. The van der Waals surface area contributed by atoms with E-state index in [1.165, 1.54) is 12.8 Å². The molecule has 20 heavy (non-hydrogen) atoms. The molecule has 1 aliphatic carbocycles. The molecular formula is C17H25NO2. The minimum absolute atomic E-state index is 0.191. The molecule has 1 aliphatic rings. The third-order valence-electron chi connectivity index (χ3n) is 3.91. The third-order valence-corrected chi connectivity index (χ3v) is 3.91. The molecule has 1 aromatic carbocycles. The standard InChI is InChI=1S/C17H25NO2/c1-13(2)12-18(15-7-3-4-8-15)17(20)11-14-6-5-9-16(19)10-14/h5-6,9-10,13,15,19H,3-4,7-8,11-12H2,1-2H3. The van der Waals surface area contributed by atoms with Crippen LogP contribution in [-0.2, 0) is 11.2 Å². The molecule has 2 rings (SSSR count). The normalized spacial score (nSPS) is 15.8. The van der Waals surface area contributed by atoms with Gasteiger partial charge in [0.15, 0.2) is 0 Å². The Balaban J connectivity index is 2.05. The molecule has 0 aromatic heterocycles. The number of carbonyl (C=O) groups excluding carboxylic acids is 1. The van der Waals surface area contributed by atoms with Crippen molar-refractivity contribution < 1.29 is 9.90 Å². The maximum atomic E-state index is 12.6. The first-order valence-corrected chi connectivity index (χ1v) is 7.63. The predicted octanol–water partition coefficient (Wildman–Crippen LogP) is 3.36. The highest BCUT2D eigenvalue weighted by atomic mass is 16.3. The maximum absolute atomic E-state index is 12.6. The molecule has 110 valence electrons. The van der Waals surface area contributed by atoms with Crippen LogP contribution in [0.1, 0.15) is 45.1 Å². The Morgan fingerprint density at radius 2 is 2.05 bits per heavy atom. The van der Waals surface area contributed by atoms with Crippen molar-refractivity contribution in [1.82, 2.24) is 4.90 Å². The highest BCUT2D eigenvalue weighted by Crippen LogP contribution is 2.25. The number of hydrogen-bond acceptors (Lipinski definition) is 2. The summed E-state index contributed by atoms with van der Waals surface area (Å²) in [5.41, 5.74) is 0.891. The van der Waals surface area contributed by atoms with E-state index in [1.54, 1.807) is 18.2 Å². The van der Waals surface area contributed by atoms with Gasteiger partial charge in [0.05, 0.1) is 6.42 Å². The third kappa shape index (κ3) is 3.99. The monoisotopic (exact) mass is 275 g/mol. The van der Waals surface area contributed by atoms with Crippen LogP contribution < -0.4 is 0 Å². The second kappa shape index (κ2) is 6.78. The summed E-state index contributed by atoms with van der Waals surface area (Å²) in [6, 6.07) is 7.43. The van der Waals surface area contributed by atoms with E-state index in [-0.39, 0.29) is 11.7 Å². The van der Waals surface area contributed by atoms with Gasteiger partial charge in [-0.25, -0.2) is 0 Å². The molecule has 1 fully saturated rings. The molecule has 0 saturated heterocycles. The van der Waals surface area contributed by atoms with Gasteiger partial charge in [0.2, 0.25) is 5.91 Å². The van der Waals surface area contributed by atoms with Gasteiger partial charge in [0.25, 0.3) is 0 Å². The molecule has 0 unspecified atom stereocenters. The number of nitrogens with zero attached hydrogens (tertiary/aromatic N) is 1. The Morgan fingerprint density at radius 3 is 2.65 bits per heavy atom. The van der Waals surface area contributed by atoms with Gasteiger partial charge >= 0.3 is 0 Å². The summed E-state index contributed by atoms with van der Waals surface area (Å²) in [6.45, 7) is 5.15. The first-order valence-electron chi connectivity index (χ1n) is 7.63. The van der Waals surface area contributed by atoms with E-state index in [1.807, 2.05) is 6.07 Å². The zero-order valence-corrected chi connectivity index (χ0v) is 12.5. The lowest BCUT2D eigenvalue weighted by atomic mass is 10.1. The molecule has 0 aliphatic heterocycles. The molecule has 3 heteroatoms. The summed E-state index contributed by atoms with van der Waals surface area (Å²) in [4.78, 5) is 14.7. The van der Waals surface area contributed by atoms with Crippen molar-refractivity contribution in [2.75, 3.05) is 6.54 Å². The number of hydrogen-bond donors (Lipinski definition) is 1. The number of carbonyl (C=O) groups is 1. The molecule has 3 nitrogen and oxygen atoms in total. The Bertz CT molecular complexity index is 450. The van der Waals surface area contributed by atoms with Crippen LogP contribution in [0.4, 0.5) is 0 Å². The quantitative estimate of drug-likeness (QED) is 0.895. The summed E-state index contributed by atoms with van der Waals surface area (Å²) in [7, 11) is 0. The van der Waals surface area contributed by atoms with Crippen LogP contribution in [0.25, 0.3) is 0 Å². The molecule has 0 radical (unpaired) electrons. The molecule has 0 heterocycles. The Morgan fingerprint density at radius 1 is 1.35 bits per heavy atom. The van der Waals surface area contributed by atoms with Crippen LogP contribution in [0.3, 0.4) is 0 Å². The first-order chi connectivity index (χ1) is 9.56. The minimum Gasteiger partial charge on any atom is -0.508 e. The molecule has 1 N–H and O–H groups in total. The fourth-order valence-electron chi connectivity index (χ4n) is 3.01. The Kier molecular flexibility index (Phi) is 5.05. The molecular weight excluding hydrogens is 250 g/mol. The fraction of sp³-hybridized carbons (Fsp3) is 0.588. The van der Waals surface area contributed by atoms with Gasteiger partial charge in [-0.3, -0.25) is 4.79 Å². The highest BCUT2D eigenvalue weighted by molar-refractivity contribution is 5.79. The van der Waals surface area contributed by atoms with Crippen LogP contribution in [0.2, 0.25) is 0 Å². The van der Waals surface area contributed by atoms with Crippen LogP contribution in [0.15, 0.2) is 24.3 Å². The zero-order valence-electron chi connectivity index (χ0n) is 12.5. The van der Waals surface area contributed by atoms with Gasteiger partial charge in [-0.15, -0.1) is 0 Å². The topological polar surface area (TPSA) is 40.5 Å². The van der Waals surface area contributed by atoms with Gasteiger partial charge in [-0.2, -0.15) is 0 Å². The van der Waals surface area contributed by atoms with E-state index in [2.05, 4.69) is 18.7 Å². The molecule has 0 atom stereocenters. The van der Waals surface area contributed by atoms with Crippen molar-refractivity contribution in [2.24, 2.45) is 5.92 Å². The van der Waals surface area contributed by atoms with Crippen LogP contribution in [0.5, 0.6) is 5.75 Å². The number of phenols is 1. The summed E-state index contributed by atoms with van der Waals surface area (Å²) < 4.78 is 0. The lowest BCUT2D eigenvalue weighted by Gasteiger charge is -2.30. The van der Waals surface area contributed by atoms with E-state index in [0.717, 1.165) is 24.9 Å². The average Bonchev–Trinajstić information content (AvgIpc) is 2.89. The number of phenolic OH excluding ortho intramolecular Hbond substituents is 1. The van der Waals surface area contributed by atoms with Crippen LogP contribution in [0, 0.1) is 5.92 Å². The fourth-order valence-corrected chi connectivity index (χ4v) is 3.01. The van der Waals surface area contributed by atoms with Gasteiger partial charge in [0.1, 0.15) is 5.75 Å². The highest BCUT2D eigenvalue weighted by Gasteiger charge is 2.26. The summed E-state index contributed by atoms with van der Waals surface area (Å²) in [6.07, 6.45) is 5.13. The van der Waals surface area contributed by atoms with Gasteiger partial charge in [0, 0.05) is 12.6 Å². The first kappa shape index (κ1) is 14.9. The van der Waals surface area contributed by atoms with Gasteiger partial charge < -0.3 is 10.0 Å². The molecule has 1 saturated carbocycles. The number of amides is 1. The Labute approximate surface area is 121 Å². The SMILES string of the molecule is CC(C)CN(C(=O)Cc1cccc(O)c1)C1CCCC1. The van der Waals surface area contributed by atoms with Crippen molar-refractivity contribution in [3.63, 3.8) is 0 Å². The van der Waals surface area contributed by atoms with Gasteiger partial charge in [-0.05, 0) is 36.5 Å². The van der Waals surface area contributed by atoms with Crippen molar-refractivity contribution in [2.45, 2.75) is 52.0 Å². The smallest absolute Gasteiger partial charge is 0.227 e. The van der Waals surface area contributed by atoms with E-state index >= 15 is 0 Å². The molecule has 0 spiro atoms. The largest absolute Gasteiger partial charge is 0.508 e. The second-order valence-electron chi connectivity index (χ2n) is 6.22. The number of aromatic hydroxyl groups is 1. The van der Waals surface area contributed by atoms with E-state index in [0.29, 0.717) is 18.4 Å². The summed E-state index contributed by atoms with van der Waals surface area (Å²) in [5, 5.41) is 9.50. The summed E-state index contributed by atoms with van der Waals surface area (Å²) >= 11 is 0. The second-order valence-corrected chi connectivity index (χ2v) is 6.22. The maximum Gasteiger partial charge on any atom is 0.227 e. The van der Waals surface area contributed by atoms with Crippen molar-refractivity contribution in [3.8, 4) is 5.75 Å². The summed E-state index contributed by atoms with van der Waals surface area (Å²) in [5.74, 6) is 0.909. The number of rotatable bonds is 5. The lowest BCUT2D eigenvalue weighted by Crippen LogP contribution is -2.42. The van der Waals surface area contributed by atoms with E-state index in [4.69, 9.17) is 0 Å². The van der Waals surface area contributed by atoms with Crippen LogP contribution >= 0.6 is 0 Å². The number of benzene rings is 1. The van der Waals surface area contributed by atoms with Crippen LogP contribution in [-0.4, -0.2) is 28.5 Å². The minimum atomic E-state index is 0.191.